The molecule has 2 aliphatic rings. The molecule has 3 atom stereocenters. The van der Waals surface area contributed by atoms with Crippen molar-refractivity contribution >= 4 is 28.4 Å². The summed E-state index contributed by atoms with van der Waals surface area (Å²) in [6.07, 6.45) is -0.755. The Bertz CT molecular complexity index is 1180. The third-order valence-electron chi connectivity index (χ3n) is 5.76. The Morgan fingerprint density at radius 3 is 2.88 bits per heavy atom. The van der Waals surface area contributed by atoms with Crippen LogP contribution in [0.5, 0.6) is 5.75 Å². The average molecular weight is 435 g/mol. The molecule has 0 bridgehead atoms. The number of amides is 2. The summed E-state index contributed by atoms with van der Waals surface area (Å²) in [4.78, 5) is 25.1. The molecule has 32 heavy (non-hydrogen) atoms. The van der Waals surface area contributed by atoms with Crippen molar-refractivity contribution in [3.05, 3.63) is 54.2 Å². The van der Waals surface area contributed by atoms with E-state index >= 15 is 0 Å². The predicted molar refractivity (Wildman–Crippen MR) is 118 cm³/mol. The van der Waals surface area contributed by atoms with Crippen molar-refractivity contribution in [3.8, 4) is 5.75 Å². The van der Waals surface area contributed by atoms with Gasteiger partial charge in [-0.1, -0.05) is 30.3 Å². The van der Waals surface area contributed by atoms with E-state index in [2.05, 4.69) is 26.5 Å². The van der Waals surface area contributed by atoms with Gasteiger partial charge in [-0.2, -0.15) is 5.10 Å². The van der Waals surface area contributed by atoms with Gasteiger partial charge in [0.15, 0.2) is 12.9 Å². The van der Waals surface area contributed by atoms with E-state index < -0.39 is 6.29 Å². The van der Waals surface area contributed by atoms with Gasteiger partial charge in [0.1, 0.15) is 11.6 Å². The molecule has 1 aromatic heterocycles. The number of rotatable bonds is 5. The third-order valence-corrected chi connectivity index (χ3v) is 5.76. The maximum Gasteiger partial charge on any atom is 0.263 e. The minimum Gasteiger partial charge on any atom is -0.484 e. The highest BCUT2D eigenvalue weighted by molar-refractivity contribution is 5.91. The van der Waals surface area contributed by atoms with Crippen molar-refractivity contribution in [2.45, 2.75) is 19.4 Å². The number of hydrogen-bond donors (Lipinski definition) is 4. The fourth-order valence-corrected chi connectivity index (χ4v) is 4.16. The summed E-state index contributed by atoms with van der Waals surface area (Å²) in [6.45, 7) is 2.25. The Hall–Kier alpha value is -3.47. The number of anilines is 1. The number of fused-ring (bicyclic) bond motifs is 2. The second kappa shape index (κ2) is 8.23. The first-order valence-electron chi connectivity index (χ1n) is 10.5. The predicted octanol–water partition coefficient (Wildman–Crippen LogP) is 0.930. The van der Waals surface area contributed by atoms with Crippen LogP contribution in [0.1, 0.15) is 12.0 Å². The van der Waals surface area contributed by atoms with Crippen molar-refractivity contribution in [3.63, 3.8) is 0 Å². The molecule has 10 nitrogen and oxygen atoms in total. The second-order valence-corrected chi connectivity index (χ2v) is 8.06. The molecular weight excluding hydrogens is 410 g/mol. The molecule has 3 aromatic rings. The van der Waals surface area contributed by atoms with E-state index in [4.69, 9.17) is 4.74 Å². The summed E-state index contributed by atoms with van der Waals surface area (Å²) in [6, 6.07) is 15.4. The quantitative estimate of drug-likeness (QED) is 0.472. The van der Waals surface area contributed by atoms with E-state index in [9.17, 15) is 9.59 Å². The molecule has 2 aliphatic heterocycles. The van der Waals surface area contributed by atoms with Crippen LogP contribution in [0, 0.1) is 12.8 Å². The Kier molecular flexibility index (Phi) is 5.25. The number of aryl methyl sites for hydroxylation is 1. The first kappa shape index (κ1) is 20.4. The molecule has 0 saturated carbocycles. The van der Waals surface area contributed by atoms with Crippen LogP contribution in [-0.2, 0) is 9.59 Å². The molecule has 2 saturated heterocycles. The summed E-state index contributed by atoms with van der Waals surface area (Å²) in [5, 5.41) is 17.6. The van der Waals surface area contributed by atoms with Crippen LogP contribution in [-0.4, -0.2) is 53.0 Å². The lowest BCUT2D eigenvalue weighted by Gasteiger charge is -2.35. The van der Waals surface area contributed by atoms with Crippen molar-refractivity contribution < 1.29 is 14.3 Å². The summed E-state index contributed by atoms with van der Waals surface area (Å²) in [7, 11) is 1.88. The van der Waals surface area contributed by atoms with Crippen molar-refractivity contribution in [1.29, 1.82) is 0 Å². The number of nitrogens with zero attached hydrogens (tertiary/aromatic N) is 3. The summed E-state index contributed by atoms with van der Waals surface area (Å²) >= 11 is 0. The molecule has 3 heterocycles. The SMILES string of the molecule is Cc1cc(NC(=O)COc2ccc3ccccc3c2)n(C2NC(=O)C3CNN(C)C3N2)n1. The second-order valence-electron chi connectivity index (χ2n) is 8.06. The molecule has 166 valence electrons. The van der Waals surface area contributed by atoms with E-state index in [-0.39, 0.29) is 30.5 Å². The van der Waals surface area contributed by atoms with Gasteiger partial charge in [-0.25, -0.2) is 9.69 Å². The molecule has 2 amide bonds. The molecule has 0 spiro atoms. The Balaban J connectivity index is 1.26. The number of carbonyl (C=O) groups is 2. The molecular formula is C22H25N7O3. The van der Waals surface area contributed by atoms with Gasteiger partial charge in [0.2, 0.25) is 5.91 Å². The minimum atomic E-state index is -0.587. The van der Waals surface area contributed by atoms with Gasteiger partial charge in [0.25, 0.3) is 5.91 Å². The molecule has 0 aliphatic carbocycles. The highest BCUT2D eigenvalue weighted by atomic mass is 16.5. The zero-order valence-corrected chi connectivity index (χ0v) is 17.8. The highest BCUT2D eigenvalue weighted by Crippen LogP contribution is 2.23. The smallest absolute Gasteiger partial charge is 0.263 e. The van der Waals surface area contributed by atoms with Crippen molar-refractivity contribution in [1.82, 2.24) is 30.8 Å². The van der Waals surface area contributed by atoms with Crippen LogP contribution in [0.25, 0.3) is 10.8 Å². The van der Waals surface area contributed by atoms with Crippen LogP contribution in [0.2, 0.25) is 0 Å². The number of ether oxygens (including phenoxy) is 1. The van der Waals surface area contributed by atoms with Gasteiger partial charge in [-0.05, 0) is 29.8 Å². The van der Waals surface area contributed by atoms with Crippen LogP contribution in [0.3, 0.4) is 0 Å². The Labute approximate surface area is 184 Å². The molecule has 2 fully saturated rings. The normalized spacial score (nSPS) is 23.1. The lowest BCUT2D eigenvalue weighted by atomic mass is 10.1. The van der Waals surface area contributed by atoms with Gasteiger partial charge in [-0.15, -0.1) is 0 Å². The van der Waals surface area contributed by atoms with Gasteiger partial charge >= 0.3 is 0 Å². The summed E-state index contributed by atoms with van der Waals surface area (Å²) in [5.74, 6) is 0.507. The standard InChI is InChI=1S/C22H25N7O3/c1-13-9-18(29(27-13)22-25-20-17(21(31)26-22)11-23-28(20)2)24-19(30)12-32-16-8-7-14-5-3-4-6-15(14)10-16/h3-10,17,20,22-23,25H,11-12H2,1-2H3,(H,24,30)(H,26,31). The molecule has 10 heteroatoms. The fourth-order valence-electron chi connectivity index (χ4n) is 4.16. The minimum absolute atomic E-state index is 0.0688. The van der Waals surface area contributed by atoms with Crippen LogP contribution < -0.4 is 26.1 Å². The van der Waals surface area contributed by atoms with Gasteiger partial charge in [-0.3, -0.25) is 20.3 Å². The third kappa shape index (κ3) is 3.91. The number of hydrogen-bond acceptors (Lipinski definition) is 7. The van der Waals surface area contributed by atoms with Crippen molar-refractivity contribution in [2.24, 2.45) is 5.92 Å². The molecule has 2 aromatic carbocycles. The Morgan fingerprint density at radius 1 is 1.22 bits per heavy atom. The first-order chi connectivity index (χ1) is 15.5. The number of benzene rings is 2. The first-order valence-corrected chi connectivity index (χ1v) is 10.5. The highest BCUT2D eigenvalue weighted by Gasteiger charge is 2.43. The number of hydrazine groups is 1. The van der Waals surface area contributed by atoms with Crippen molar-refractivity contribution in [2.75, 3.05) is 25.5 Å². The van der Waals surface area contributed by atoms with Gasteiger partial charge in [0.05, 0.1) is 17.8 Å². The van der Waals surface area contributed by atoms with Crippen LogP contribution in [0.15, 0.2) is 48.5 Å². The van der Waals surface area contributed by atoms with E-state index in [0.29, 0.717) is 23.8 Å². The Morgan fingerprint density at radius 2 is 2.03 bits per heavy atom. The molecule has 0 radical (unpaired) electrons. The van der Waals surface area contributed by atoms with E-state index in [1.165, 1.54) is 0 Å². The lowest BCUT2D eigenvalue weighted by Crippen LogP contribution is -2.61. The maximum absolute atomic E-state index is 12.6. The maximum atomic E-state index is 12.6. The van der Waals surface area contributed by atoms with Gasteiger partial charge < -0.3 is 15.4 Å². The summed E-state index contributed by atoms with van der Waals surface area (Å²) in [5.41, 5.74) is 3.87. The summed E-state index contributed by atoms with van der Waals surface area (Å²) < 4.78 is 7.26. The fraction of sp³-hybridized carbons (Fsp3) is 0.318. The number of nitrogens with one attached hydrogen (secondary N) is 4. The molecule has 3 unspecified atom stereocenters. The largest absolute Gasteiger partial charge is 0.484 e. The number of aromatic nitrogens is 2. The van der Waals surface area contributed by atoms with Crippen LogP contribution >= 0.6 is 0 Å². The van der Waals surface area contributed by atoms with E-state index in [1.54, 1.807) is 10.7 Å². The van der Waals surface area contributed by atoms with Gasteiger partial charge in [0, 0.05) is 19.7 Å². The topological polar surface area (TPSA) is 113 Å². The number of carbonyl (C=O) groups excluding carboxylic acids is 2. The molecule has 5 rings (SSSR count). The van der Waals surface area contributed by atoms with E-state index in [0.717, 1.165) is 10.8 Å². The zero-order valence-electron chi connectivity index (χ0n) is 17.8. The van der Waals surface area contributed by atoms with Crippen LogP contribution in [0.4, 0.5) is 5.82 Å². The monoisotopic (exact) mass is 435 g/mol. The average Bonchev–Trinajstić information content (AvgIpc) is 3.34. The zero-order chi connectivity index (χ0) is 22.2. The molecule has 4 N–H and O–H groups in total. The lowest BCUT2D eigenvalue weighted by molar-refractivity contribution is -0.131. The van der Waals surface area contributed by atoms with E-state index in [1.807, 2.05) is 61.4 Å².